The van der Waals surface area contributed by atoms with E-state index < -0.39 is 10.0 Å². The lowest BCUT2D eigenvalue weighted by Crippen LogP contribution is -2.27. The molecule has 6 nitrogen and oxygen atoms in total. The van der Waals surface area contributed by atoms with Crippen molar-refractivity contribution >= 4 is 20.9 Å². The largest absolute Gasteiger partial charge is 0.494 e. The Morgan fingerprint density at radius 3 is 2.56 bits per heavy atom. The van der Waals surface area contributed by atoms with E-state index in [2.05, 4.69) is 9.71 Å². The van der Waals surface area contributed by atoms with Gasteiger partial charge in [0.1, 0.15) is 5.75 Å². The number of pyridine rings is 1. The lowest BCUT2D eigenvalue weighted by molar-refractivity contribution is 0.337. The second-order valence-corrected chi connectivity index (χ2v) is 8.09. The number of aromatic amines is 1. The quantitative estimate of drug-likeness (QED) is 0.682. The molecule has 0 amide bonds. The number of ether oxygens (including phenoxy) is 1. The van der Waals surface area contributed by atoms with Gasteiger partial charge in [-0.25, -0.2) is 13.1 Å². The van der Waals surface area contributed by atoms with Crippen molar-refractivity contribution in [2.75, 3.05) is 6.61 Å². The average Bonchev–Trinajstić information content (AvgIpc) is 2.63. The molecule has 0 aliphatic heterocycles. The van der Waals surface area contributed by atoms with E-state index in [1.54, 1.807) is 38.1 Å². The third-order valence-corrected chi connectivity index (χ3v) is 5.89. The third-order valence-electron chi connectivity index (χ3n) is 4.34. The predicted octanol–water partition coefficient (Wildman–Crippen LogP) is 3.02. The first-order chi connectivity index (χ1) is 12.8. The van der Waals surface area contributed by atoms with Crippen molar-refractivity contribution in [3.05, 3.63) is 69.5 Å². The number of fused-ring (bicyclic) bond motifs is 1. The summed E-state index contributed by atoms with van der Waals surface area (Å²) in [5, 5.41) is 0.847. The van der Waals surface area contributed by atoms with E-state index >= 15 is 0 Å². The van der Waals surface area contributed by atoms with Crippen LogP contribution in [0, 0.1) is 13.8 Å². The zero-order valence-corrected chi connectivity index (χ0v) is 16.3. The van der Waals surface area contributed by atoms with Gasteiger partial charge in [-0.15, -0.1) is 0 Å². The Morgan fingerprint density at radius 2 is 1.81 bits per heavy atom. The van der Waals surface area contributed by atoms with Gasteiger partial charge in [-0.2, -0.15) is 0 Å². The van der Waals surface area contributed by atoms with Crippen LogP contribution in [0.15, 0.2) is 52.2 Å². The molecule has 0 saturated heterocycles. The molecule has 1 aromatic heterocycles. The van der Waals surface area contributed by atoms with Gasteiger partial charge in [0, 0.05) is 17.6 Å². The number of hydrogen-bond acceptors (Lipinski definition) is 4. The summed E-state index contributed by atoms with van der Waals surface area (Å²) >= 11 is 0. The van der Waals surface area contributed by atoms with Crippen LogP contribution >= 0.6 is 0 Å². The van der Waals surface area contributed by atoms with Gasteiger partial charge in [0.2, 0.25) is 10.0 Å². The number of benzene rings is 2. The Balaban J connectivity index is 1.88. The van der Waals surface area contributed by atoms with Crippen molar-refractivity contribution in [2.45, 2.75) is 32.2 Å². The van der Waals surface area contributed by atoms with Crippen molar-refractivity contribution < 1.29 is 13.2 Å². The van der Waals surface area contributed by atoms with Gasteiger partial charge in [0.25, 0.3) is 5.56 Å². The van der Waals surface area contributed by atoms with Crippen LogP contribution in [0.2, 0.25) is 0 Å². The molecule has 0 spiro atoms. The third kappa shape index (κ3) is 4.04. The highest BCUT2D eigenvalue weighted by atomic mass is 32.2. The average molecular weight is 386 g/mol. The van der Waals surface area contributed by atoms with Crippen LogP contribution in [-0.2, 0) is 16.6 Å². The highest BCUT2D eigenvalue weighted by Gasteiger charge is 2.19. The molecule has 0 saturated carbocycles. The molecule has 1 heterocycles. The second kappa shape index (κ2) is 7.54. The minimum absolute atomic E-state index is 0.0891. The van der Waals surface area contributed by atoms with Crippen molar-refractivity contribution in [3.63, 3.8) is 0 Å². The summed E-state index contributed by atoms with van der Waals surface area (Å²) in [5.41, 5.74) is 2.09. The van der Waals surface area contributed by atoms with Crippen LogP contribution in [0.3, 0.4) is 0 Å². The van der Waals surface area contributed by atoms with Gasteiger partial charge in [-0.05, 0) is 61.5 Å². The number of hydrogen-bond donors (Lipinski definition) is 2. The van der Waals surface area contributed by atoms with Gasteiger partial charge in [0.05, 0.1) is 11.5 Å². The van der Waals surface area contributed by atoms with Crippen LogP contribution in [0.1, 0.15) is 23.6 Å². The van der Waals surface area contributed by atoms with Crippen LogP contribution in [0.4, 0.5) is 0 Å². The normalized spacial score (nSPS) is 11.7. The Hall–Kier alpha value is -2.64. The van der Waals surface area contributed by atoms with Gasteiger partial charge < -0.3 is 9.72 Å². The molecular formula is C20H22N2O4S. The van der Waals surface area contributed by atoms with Crippen molar-refractivity contribution in [1.29, 1.82) is 0 Å². The van der Waals surface area contributed by atoms with Crippen LogP contribution in [0.5, 0.6) is 5.75 Å². The summed E-state index contributed by atoms with van der Waals surface area (Å²) < 4.78 is 33.6. The van der Waals surface area contributed by atoms with Crippen LogP contribution in [0.25, 0.3) is 10.9 Å². The fourth-order valence-electron chi connectivity index (χ4n) is 2.94. The molecule has 0 aliphatic carbocycles. The molecule has 2 aromatic carbocycles. The lowest BCUT2D eigenvalue weighted by Gasteiger charge is -2.13. The highest BCUT2D eigenvalue weighted by molar-refractivity contribution is 7.89. The molecule has 0 bridgehead atoms. The predicted molar refractivity (Wildman–Crippen MR) is 106 cm³/mol. The van der Waals surface area contributed by atoms with E-state index in [4.69, 9.17) is 4.74 Å². The van der Waals surface area contributed by atoms with Gasteiger partial charge in [0.15, 0.2) is 0 Å². The summed E-state index contributed by atoms with van der Waals surface area (Å²) in [6, 6.07) is 12.4. The summed E-state index contributed by atoms with van der Waals surface area (Å²) in [6.07, 6.45) is 0. The number of aromatic nitrogens is 1. The summed E-state index contributed by atoms with van der Waals surface area (Å²) in [5.74, 6) is 0.667. The van der Waals surface area contributed by atoms with Crippen LogP contribution in [-0.4, -0.2) is 20.0 Å². The molecule has 0 radical (unpaired) electrons. The second-order valence-electron chi connectivity index (χ2n) is 6.35. The standard InChI is InChI=1S/C20H22N2O4S/c1-4-26-18-9-14(3)19(10-13(18)2)27(24,25)21-12-16-11-15-7-5-6-8-17(15)22-20(16)23/h5-11,21H,4,12H2,1-3H3,(H,22,23). The molecule has 2 N–H and O–H groups in total. The first-order valence-corrected chi connectivity index (χ1v) is 10.1. The van der Waals surface area contributed by atoms with Gasteiger partial charge >= 0.3 is 0 Å². The van der Waals surface area contributed by atoms with Crippen LogP contribution < -0.4 is 15.0 Å². The number of nitrogens with one attached hydrogen (secondary N) is 2. The Morgan fingerprint density at radius 1 is 1.07 bits per heavy atom. The summed E-state index contributed by atoms with van der Waals surface area (Å²) in [6.45, 7) is 5.82. The number of para-hydroxylation sites is 1. The maximum Gasteiger partial charge on any atom is 0.252 e. The zero-order valence-electron chi connectivity index (χ0n) is 15.5. The van der Waals surface area contributed by atoms with Crippen molar-refractivity contribution in [3.8, 4) is 5.75 Å². The summed E-state index contributed by atoms with van der Waals surface area (Å²) in [7, 11) is -3.77. The fraction of sp³-hybridized carbons (Fsp3) is 0.250. The number of aryl methyl sites for hydroxylation is 2. The number of sulfonamides is 1. The SMILES string of the molecule is CCOc1cc(C)c(S(=O)(=O)NCc2cc3ccccc3[nH]c2=O)cc1C. The summed E-state index contributed by atoms with van der Waals surface area (Å²) in [4.78, 5) is 15.2. The maximum atomic E-state index is 12.8. The van der Waals surface area contributed by atoms with E-state index in [1.165, 1.54) is 0 Å². The Kier molecular flexibility index (Phi) is 5.34. The number of H-pyrrole nitrogens is 1. The molecule has 0 fully saturated rings. The van der Waals surface area contributed by atoms with E-state index in [-0.39, 0.29) is 17.0 Å². The zero-order chi connectivity index (χ0) is 19.6. The van der Waals surface area contributed by atoms with Crippen molar-refractivity contribution in [1.82, 2.24) is 9.71 Å². The van der Waals surface area contributed by atoms with Gasteiger partial charge in [-0.3, -0.25) is 4.79 Å². The maximum absolute atomic E-state index is 12.8. The smallest absolute Gasteiger partial charge is 0.252 e. The van der Waals surface area contributed by atoms with Gasteiger partial charge in [-0.1, -0.05) is 18.2 Å². The Bertz CT molecular complexity index is 1150. The minimum atomic E-state index is -3.77. The molecule has 0 atom stereocenters. The molecule has 142 valence electrons. The molecule has 27 heavy (non-hydrogen) atoms. The molecule has 0 unspecified atom stereocenters. The highest BCUT2D eigenvalue weighted by Crippen LogP contribution is 2.26. The molecule has 3 rings (SSSR count). The van der Waals surface area contributed by atoms with E-state index in [0.717, 1.165) is 10.9 Å². The first kappa shape index (κ1) is 19.1. The van der Waals surface area contributed by atoms with Crippen molar-refractivity contribution in [2.24, 2.45) is 0 Å². The van der Waals surface area contributed by atoms with E-state index in [0.29, 0.717) is 29.0 Å². The van der Waals surface area contributed by atoms with E-state index in [9.17, 15) is 13.2 Å². The van der Waals surface area contributed by atoms with E-state index in [1.807, 2.05) is 25.1 Å². The minimum Gasteiger partial charge on any atom is -0.494 e. The molecule has 3 aromatic rings. The Labute approximate surface area is 158 Å². The molecule has 7 heteroatoms. The topological polar surface area (TPSA) is 88.3 Å². The lowest BCUT2D eigenvalue weighted by atomic mass is 10.1. The number of rotatable bonds is 6. The molecule has 0 aliphatic rings. The first-order valence-electron chi connectivity index (χ1n) is 8.66. The fourth-order valence-corrected chi connectivity index (χ4v) is 4.25. The molecular weight excluding hydrogens is 364 g/mol. The monoisotopic (exact) mass is 386 g/mol.